The number of nitrogens with one attached hydrogen (secondary N) is 1. The number of carbonyl (C=O) groups excluding carboxylic acids is 1. The molecule has 0 aliphatic carbocycles. The van der Waals surface area contributed by atoms with Gasteiger partial charge in [0.25, 0.3) is 5.69 Å². The molecule has 1 fully saturated rings. The Morgan fingerprint density at radius 2 is 2.05 bits per heavy atom. The Kier molecular flexibility index (Phi) is 6.19. The van der Waals surface area contributed by atoms with Gasteiger partial charge in [-0.15, -0.1) is 12.4 Å². The molecule has 110 valence electrons. The second-order valence-electron chi connectivity index (χ2n) is 4.34. The maximum Gasteiger partial charge on any atom is 0.270 e. The Morgan fingerprint density at radius 1 is 1.40 bits per heavy atom. The van der Waals surface area contributed by atoms with Crippen molar-refractivity contribution in [1.29, 1.82) is 0 Å². The fourth-order valence-electron chi connectivity index (χ4n) is 1.98. The quantitative estimate of drug-likeness (QED) is 0.679. The summed E-state index contributed by atoms with van der Waals surface area (Å²) in [6.45, 7) is 2.95. The van der Waals surface area contributed by atoms with E-state index in [4.69, 9.17) is 11.6 Å². The summed E-state index contributed by atoms with van der Waals surface area (Å²) in [5.41, 5.74) is 0.555. The molecule has 1 aromatic carbocycles. The van der Waals surface area contributed by atoms with Crippen molar-refractivity contribution >= 4 is 35.6 Å². The van der Waals surface area contributed by atoms with Crippen LogP contribution < -0.4 is 5.32 Å². The summed E-state index contributed by atoms with van der Waals surface area (Å²) >= 11 is 5.97. The first-order valence-corrected chi connectivity index (χ1v) is 6.37. The lowest BCUT2D eigenvalue weighted by atomic mass is 10.1. The molecule has 8 heteroatoms. The number of nitro groups is 1. The molecule has 1 aliphatic heterocycles. The standard InChI is InChI=1S/C12H14ClN3O3.ClH/c13-11-8-10(16(18)19)2-1-9(11)7-12(17)15-5-3-14-4-6-15;/h1-2,8,14H,3-7H2;1H. The molecular formula is C12H15Cl2N3O3. The normalized spacial score (nSPS) is 14.6. The van der Waals surface area contributed by atoms with Gasteiger partial charge < -0.3 is 10.2 Å². The molecule has 0 aromatic heterocycles. The highest BCUT2D eigenvalue weighted by Gasteiger charge is 2.18. The lowest BCUT2D eigenvalue weighted by Gasteiger charge is -2.27. The fraction of sp³-hybridized carbons (Fsp3) is 0.417. The second-order valence-corrected chi connectivity index (χ2v) is 4.75. The third-order valence-electron chi connectivity index (χ3n) is 3.06. The molecule has 1 amide bonds. The van der Waals surface area contributed by atoms with Crippen LogP contribution >= 0.6 is 24.0 Å². The van der Waals surface area contributed by atoms with Crippen LogP contribution in [0.1, 0.15) is 5.56 Å². The lowest BCUT2D eigenvalue weighted by Crippen LogP contribution is -2.46. The maximum absolute atomic E-state index is 12.0. The first-order chi connectivity index (χ1) is 9.08. The van der Waals surface area contributed by atoms with E-state index < -0.39 is 4.92 Å². The molecule has 1 saturated heterocycles. The molecule has 0 unspecified atom stereocenters. The van der Waals surface area contributed by atoms with E-state index in [1.54, 1.807) is 11.0 Å². The van der Waals surface area contributed by atoms with Crippen LogP contribution in [0.3, 0.4) is 0 Å². The predicted octanol–water partition coefficient (Wildman–Crippen LogP) is 1.64. The van der Waals surface area contributed by atoms with Crippen LogP contribution in [-0.2, 0) is 11.2 Å². The van der Waals surface area contributed by atoms with Crippen LogP contribution in [0.15, 0.2) is 18.2 Å². The van der Waals surface area contributed by atoms with Crippen LogP contribution in [0.25, 0.3) is 0 Å². The Labute approximate surface area is 127 Å². The molecule has 0 radical (unpaired) electrons. The van der Waals surface area contributed by atoms with E-state index in [-0.39, 0.29) is 35.4 Å². The third kappa shape index (κ3) is 4.06. The summed E-state index contributed by atoms with van der Waals surface area (Å²) in [5, 5.41) is 14.0. The van der Waals surface area contributed by atoms with Gasteiger partial charge >= 0.3 is 0 Å². The van der Waals surface area contributed by atoms with Gasteiger partial charge in [0.05, 0.1) is 16.4 Å². The number of amides is 1. The monoisotopic (exact) mass is 319 g/mol. The van der Waals surface area contributed by atoms with E-state index in [2.05, 4.69) is 5.32 Å². The highest BCUT2D eigenvalue weighted by atomic mass is 35.5. The van der Waals surface area contributed by atoms with Crippen molar-refractivity contribution < 1.29 is 9.72 Å². The van der Waals surface area contributed by atoms with Gasteiger partial charge in [-0.2, -0.15) is 0 Å². The van der Waals surface area contributed by atoms with E-state index in [0.29, 0.717) is 18.7 Å². The molecule has 1 aromatic rings. The highest BCUT2D eigenvalue weighted by Crippen LogP contribution is 2.23. The maximum atomic E-state index is 12.0. The average Bonchev–Trinajstić information content (AvgIpc) is 2.41. The van der Waals surface area contributed by atoms with Gasteiger partial charge in [-0.05, 0) is 5.56 Å². The Morgan fingerprint density at radius 3 is 2.60 bits per heavy atom. The lowest BCUT2D eigenvalue weighted by molar-refractivity contribution is -0.384. The third-order valence-corrected chi connectivity index (χ3v) is 3.41. The Bertz CT molecular complexity index is 505. The number of benzene rings is 1. The zero-order valence-electron chi connectivity index (χ0n) is 10.7. The zero-order chi connectivity index (χ0) is 13.8. The summed E-state index contributed by atoms with van der Waals surface area (Å²) in [7, 11) is 0. The van der Waals surface area contributed by atoms with Crippen molar-refractivity contribution in [1.82, 2.24) is 10.2 Å². The number of carbonyl (C=O) groups is 1. The van der Waals surface area contributed by atoms with Crippen molar-refractivity contribution in [2.24, 2.45) is 0 Å². The summed E-state index contributed by atoms with van der Waals surface area (Å²) in [6, 6.07) is 4.19. The minimum absolute atomic E-state index is 0. The topological polar surface area (TPSA) is 75.5 Å². The number of rotatable bonds is 3. The smallest absolute Gasteiger partial charge is 0.270 e. The molecule has 0 bridgehead atoms. The molecule has 0 spiro atoms. The molecule has 1 N–H and O–H groups in total. The average molecular weight is 320 g/mol. The second kappa shape index (κ2) is 7.42. The van der Waals surface area contributed by atoms with E-state index in [1.165, 1.54) is 12.1 Å². The van der Waals surface area contributed by atoms with Crippen molar-refractivity contribution in [3.63, 3.8) is 0 Å². The summed E-state index contributed by atoms with van der Waals surface area (Å²) in [4.78, 5) is 23.9. The van der Waals surface area contributed by atoms with Crippen LogP contribution in [-0.4, -0.2) is 41.9 Å². The molecule has 0 atom stereocenters. The molecule has 1 aliphatic rings. The molecular weight excluding hydrogens is 305 g/mol. The van der Waals surface area contributed by atoms with Crippen LogP contribution in [0.2, 0.25) is 5.02 Å². The van der Waals surface area contributed by atoms with Crippen LogP contribution in [0.5, 0.6) is 0 Å². The summed E-state index contributed by atoms with van der Waals surface area (Å²) in [5.74, 6) is -0.00254. The molecule has 6 nitrogen and oxygen atoms in total. The Balaban J connectivity index is 0.00000200. The van der Waals surface area contributed by atoms with Crippen molar-refractivity contribution in [2.75, 3.05) is 26.2 Å². The fourth-order valence-corrected chi connectivity index (χ4v) is 2.22. The first kappa shape index (κ1) is 16.7. The first-order valence-electron chi connectivity index (χ1n) is 5.99. The van der Waals surface area contributed by atoms with Gasteiger partial charge in [-0.1, -0.05) is 17.7 Å². The van der Waals surface area contributed by atoms with Crippen molar-refractivity contribution in [3.05, 3.63) is 38.9 Å². The highest BCUT2D eigenvalue weighted by molar-refractivity contribution is 6.31. The number of piperazine rings is 1. The Hall–Kier alpha value is -1.37. The van der Waals surface area contributed by atoms with Crippen LogP contribution in [0.4, 0.5) is 5.69 Å². The zero-order valence-corrected chi connectivity index (χ0v) is 12.2. The van der Waals surface area contributed by atoms with E-state index in [9.17, 15) is 14.9 Å². The molecule has 0 saturated carbocycles. The van der Waals surface area contributed by atoms with Gasteiger partial charge in [-0.3, -0.25) is 14.9 Å². The number of nitro benzene ring substituents is 1. The molecule has 20 heavy (non-hydrogen) atoms. The van der Waals surface area contributed by atoms with E-state index in [1.807, 2.05) is 0 Å². The summed E-state index contributed by atoms with van der Waals surface area (Å²) in [6.07, 6.45) is 0.177. The predicted molar refractivity (Wildman–Crippen MR) is 78.5 cm³/mol. The summed E-state index contributed by atoms with van der Waals surface area (Å²) < 4.78 is 0. The number of nitrogens with zero attached hydrogens (tertiary/aromatic N) is 2. The van der Waals surface area contributed by atoms with Gasteiger partial charge in [-0.25, -0.2) is 0 Å². The van der Waals surface area contributed by atoms with Gasteiger partial charge in [0.15, 0.2) is 0 Å². The van der Waals surface area contributed by atoms with E-state index in [0.717, 1.165) is 13.1 Å². The number of non-ortho nitro benzene ring substituents is 1. The van der Waals surface area contributed by atoms with Gasteiger partial charge in [0.1, 0.15) is 0 Å². The number of hydrogen-bond acceptors (Lipinski definition) is 4. The van der Waals surface area contributed by atoms with Crippen molar-refractivity contribution in [3.8, 4) is 0 Å². The number of hydrogen-bond donors (Lipinski definition) is 1. The van der Waals surface area contributed by atoms with Crippen LogP contribution in [0, 0.1) is 10.1 Å². The van der Waals surface area contributed by atoms with Gasteiger partial charge in [0.2, 0.25) is 5.91 Å². The molecule has 1 heterocycles. The number of halogens is 2. The van der Waals surface area contributed by atoms with Crippen molar-refractivity contribution in [2.45, 2.75) is 6.42 Å². The minimum atomic E-state index is -0.506. The molecule has 2 rings (SSSR count). The van der Waals surface area contributed by atoms with Gasteiger partial charge in [0, 0.05) is 38.3 Å². The van der Waals surface area contributed by atoms with E-state index >= 15 is 0 Å². The largest absolute Gasteiger partial charge is 0.340 e. The minimum Gasteiger partial charge on any atom is -0.340 e. The SMILES string of the molecule is Cl.O=C(Cc1ccc([N+](=O)[O-])cc1Cl)N1CCNCC1.